The molecule has 0 radical (unpaired) electrons. The number of hydrogen-bond acceptors (Lipinski definition) is 1. The van der Waals surface area contributed by atoms with Crippen LogP contribution in [0.15, 0.2) is 24.3 Å². The number of nitrogens with one attached hydrogen (secondary N) is 1. The quantitative estimate of drug-likeness (QED) is 0.873. The Morgan fingerprint density at radius 2 is 2.11 bits per heavy atom. The molecule has 1 aliphatic heterocycles. The van der Waals surface area contributed by atoms with E-state index in [0.717, 1.165) is 37.9 Å². The van der Waals surface area contributed by atoms with E-state index in [1.807, 2.05) is 23.1 Å². The summed E-state index contributed by atoms with van der Waals surface area (Å²) in [6.07, 6.45) is 5.49. The molecule has 1 saturated heterocycles. The van der Waals surface area contributed by atoms with E-state index in [9.17, 15) is 4.79 Å². The van der Waals surface area contributed by atoms with Gasteiger partial charge in [-0.15, -0.1) is 0 Å². The average molecular weight is 260 g/mol. The maximum absolute atomic E-state index is 12.4. The average Bonchev–Trinajstić information content (AvgIpc) is 2.47. The zero-order chi connectivity index (χ0) is 13.7. The van der Waals surface area contributed by atoms with Gasteiger partial charge in [-0.1, -0.05) is 32.0 Å². The Labute approximate surface area is 116 Å². The molecule has 2 rings (SSSR count). The van der Waals surface area contributed by atoms with Crippen molar-refractivity contribution in [1.29, 1.82) is 0 Å². The second-order valence-corrected chi connectivity index (χ2v) is 5.19. The van der Waals surface area contributed by atoms with Gasteiger partial charge < -0.3 is 10.2 Å². The van der Waals surface area contributed by atoms with E-state index in [1.54, 1.807) is 0 Å². The Balaban J connectivity index is 2.07. The molecule has 104 valence electrons. The van der Waals surface area contributed by atoms with Crippen LogP contribution in [0.2, 0.25) is 0 Å². The van der Waals surface area contributed by atoms with Crippen LogP contribution in [0.5, 0.6) is 0 Å². The van der Waals surface area contributed by atoms with Gasteiger partial charge in [0.2, 0.25) is 0 Å². The van der Waals surface area contributed by atoms with E-state index in [4.69, 9.17) is 0 Å². The van der Waals surface area contributed by atoms with Gasteiger partial charge in [-0.25, -0.2) is 4.79 Å². The van der Waals surface area contributed by atoms with Crippen molar-refractivity contribution in [3.63, 3.8) is 0 Å². The second-order valence-electron chi connectivity index (χ2n) is 5.19. The molecule has 0 unspecified atom stereocenters. The van der Waals surface area contributed by atoms with Crippen LogP contribution in [-0.4, -0.2) is 23.5 Å². The Kier molecular flexibility index (Phi) is 4.83. The number of carbonyl (C=O) groups excluding carboxylic acids is 1. The Hall–Kier alpha value is -1.51. The van der Waals surface area contributed by atoms with E-state index < -0.39 is 0 Å². The number of benzene rings is 1. The van der Waals surface area contributed by atoms with Gasteiger partial charge in [0.1, 0.15) is 0 Å². The summed E-state index contributed by atoms with van der Waals surface area (Å²) in [5.41, 5.74) is 2.15. The fourth-order valence-corrected chi connectivity index (χ4v) is 2.83. The van der Waals surface area contributed by atoms with Crippen LogP contribution in [0.3, 0.4) is 0 Å². The highest BCUT2D eigenvalue weighted by Crippen LogP contribution is 2.22. The van der Waals surface area contributed by atoms with Crippen LogP contribution in [0.25, 0.3) is 0 Å². The number of rotatable bonds is 3. The third kappa shape index (κ3) is 3.28. The predicted octanol–water partition coefficient (Wildman–Crippen LogP) is 4.05. The highest BCUT2D eigenvalue weighted by Gasteiger charge is 2.25. The van der Waals surface area contributed by atoms with Crippen molar-refractivity contribution in [3.8, 4) is 0 Å². The zero-order valence-corrected chi connectivity index (χ0v) is 12.0. The molecule has 1 N–H and O–H groups in total. The molecule has 2 amide bonds. The lowest BCUT2D eigenvalue weighted by atomic mass is 10.0. The van der Waals surface area contributed by atoms with Gasteiger partial charge >= 0.3 is 6.03 Å². The maximum atomic E-state index is 12.4. The minimum atomic E-state index is 0.0625. The van der Waals surface area contributed by atoms with Crippen LogP contribution in [0, 0.1) is 0 Å². The number of carbonyl (C=O) groups is 1. The van der Waals surface area contributed by atoms with Gasteiger partial charge in [0.15, 0.2) is 0 Å². The lowest BCUT2D eigenvalue weighted by Gasteiger charge is -2.35. The first-order chi connectivity index (χ1) is 9.26. The van der Waals surface area contributed by atoms with Crippen LogP contribution in [0.4, 0.5) is 10.5 Å². The summed E-state index contributed by atoms with van der Waals surface area (Å²) >= 11 is 0. The van der Waals surface area contributed by atoms with Crippen molar-refractivity contribution in [3.05, 3.63) is 29.8 Å². The monoisotopic (exact) mass is 260 g/mol. The van der Waals surface area contributed by atoms with Crippen LogP contribution >= 0.6 is 0 Å². The zero-order valence-electron chi connectivity index (χ0n) is 12.0. The third-order valence-corrected chi connectivity index (χ3v) is 4.00. The van der Waals surface area contributed by atoms with Gasteiger partial charge in [0.25, 0.3) is 0 Å². The summed E-state index contributed by atoms with van der Waals surface area (Å²) in [7, 11) is 0. The molecule has 1 aliphatic rings. The number of amides is 2. The van der Waals surface area contributed by atoms with Crippen molar-refractivity contribution in [2.45, 2.75) is 52.0 Å². The Morgan fingerprint density at radius 3 is 2.84 bits per heavy atom. The van der Waals surface area contributed by atoms with Crippen molar-refractivity contribution in [1.82, 2.24) is 4.90 Å². The van der Waals surface area contributed by atoms with Crippen LogP contribution < -0.4 is 5.32 Å². The van der Waals surface area contributed by atoms with Gasteiger partial charge in [0.05, 0.1) is 0 Å². The highest BCUT2D eigenvalue weighted by atomic mass is 16.2. The first kappa shape index (κ1) is 13.9. The first-order valence-electron chi connectivity index (χ1n) is 7.41. The summed E-state index contributed by atoms with van der Waals surface area (Å²) in [5, 5.41) is 3.08. The fourth-order valence-electron chi connectivity index (χ4n) is 2.83. The molecule has 0 spiro atoms. The molecule has 0 aromatic heterocycles. The van der Waals surface area contributed by atoms with Crippen molar-refractivity contribution < 1.29 is 4.79 Å². The molecule has 1 aromatic carbocycles. The lowest BCUT2D eigenvalue weighted by Crippen LogP contribution is -2.45. The van der Waals surface area contributed by atoms with E-state index >= 15 is 0 Å². The first-order valence-corrected chi connectivity index (χ1v) is 7.41. The number of hydrogen-bond donors (Lipinski definition) is 1. The van der Waals surface area contributed by atoms with Crippen molar-refractivity contribution in [2.24, 2.45) is 0 Å². The Morgan fingerprint density at radius 1 is 1.32 bits per heavy atom. The van der Waals surface area contributed by atoms with Crippen molar-refractivity contribution in [2.75, 3.05) is 11.9 Å². The normalized spacial score (nSPS) is 19.3. The number of nitrogens with zero attached hydrogens (tertiary/aromatic N) is 1. The van der Waals surface area contributed by atoms with E-state index in [-0.39, 0.29) is 6.03 Å². The molecule has 1 atom stereocenters. The highest BCUT2D eigenvalue weighted by molar-refractivity contribution is 5.90. The summed E-state index contributed by atoms with van der Waals surface area (Å²) in [4.78, 5) is 14.4. The van der Waals surface area contributed by atoms with E-state index in [2.05, 4.69) is 25.2 Å². The summed E-state index contributed by atoms with van der Waals surface area (Å²) < 4.78 is 0. The van der Waals surface area contributed by atoms with Gasteiger partial charge in [0, 0.05) is 18.3 Å². The number of urea groups is 1. The smallest absolute Gasteiger partial charge is 0.322 e. The van der Waals surface area contributed by atoms with Gasteiger partial charge in [-0.3, -0.25) is 0 Å². The molecule has 0 saturated carbocycles. The molecular formula is C16H24N2O. The summed E-state index contributed by atoms with van der Waals surface area (Å²) in [6, 6.07) is 8.52. The minimum Gasteiger partial charge on any atom is -0.322 e. The largest absolute Gasteiger partial charge is 0.322 e. The number of anilines is 1. The summed E-state index contributed by atoms with van der Waals surface area (Å²) in [5.74, 6) is 0. The van der Waals surface area contributed by atoms with Crippen molar-refractivity contribution >= 4 is 11.7 Å². The molecule has 1 heterocycles. The molecule has 0 bridgehead atoms. The minimum absolute atomic E-state index is 0.0625. The number of piperidine rings is 1. The topological polar surface area (TPSA) is 32.3 Å². The number of para-hydroxylation sites is 1. The molecule has 19 heavy (non-hydrogen) atoms. The molecule has 1 aromatic rings. The molecule has 0 aliphatic carbocycles. The van der Waals surface area contributed by atoms with Crippen LogP contribution in [0.1, 0.15) is 45.1 Å². The third-order valence-electron chi connectivity index (χ3n) is 4.00. The van der Waals surface area contributed by atoms with Gasteiger partial charge in [-0.05, 0) is 43.7 Å². The number of aryl methyl sites for hydroxylation is 1. The molecule has 3 heteroatoms. The van der Waals surface area contributed by atoms with E-state index in [0.29, 0.717) is 6.04 Å². The SMILES string of the molecule is CCc1ccccc1NC(=O)N1CCCC[C@H]1CC. The standard InChI is InChI=1S/C16H24N2O/c1-3-13-9-5-6-11-15(13)17-16(19)18-12-8-7-10-14(18)4-2/h5-6,9,11,14H,3-4,7-8,10,12H2,1-2H3,(H,17,19)/t14-/m1/s1. The van der Waals surface area contributed by atoms with Crippen LogP contribution in [-0.2, 0) is 6.42 Å². The second kappa shape index (κ2) is 6.60. The maximum Gasteiger partial charge on any atom is 0.322 e. The summed E-state index contributed by atoms with van der Waals surface area (Å²) in [6.45, 7) is 5.16. The lowest BCUT2D eigenvalue weighted by molar-refractivity contribution is 0.160. The molecular weight excluding hydrogens is 236 g/mol. The van der Waals surface area contributed by atoms with E-state index in [1.165, 1.54) is 12.0 Å². The van der Waals surface area contributed by atoms with Gasteiger partial charge in [-0.2, -0.15) is 0 Å². The number of likely N-dealkylation sites (tertiary alicyclic amines) is 1. The Bertz CT molecular complexity index is 431. The molecule has 3 nitrogen and oxygen atoms in total. The predicted molar refractivity (Wildman–Crippen MR) is 79.5 cm³/mol. The molecule has 1 fully saturated rings. The fraction of sp³-hybridized carbons (Fsp3) is 0.562.